The zero-order valence-electron chi connectivity index (χ0n) is 21.5. The van der Waals surface area contributed by atoms with E-state index in [1.165, 1.54) is 12.1 Å². The average molecular weight is 583 g/mol. The molecule has 0 unspecified atom stereocenters. The number of aryl methyl sites for hydroxylation is 1. The van der Waals surface area contributed by atoms with Crippen LogP contribution in [0.2, 0.25) is 0 Å². The molecule has 2 heterocycles. The summed E-state index contributed by atoms with van der Waals surface area (Å²) < 4.78 is 38.0. The van der Waals surface area contributed by atoms with Gasteiger partial charge in [0.2, 0.25) is 21.9 Å². The molecular weight excluding hydrogens is 555 g/mol. The number of halogens is 2. The second-order valence-corrected chi connectivity index (χ2v) is 10.7. The molecule has 13 heteroatoms. The number of aromatic nitrogens is 4. The highest BCUT2D eigenvalue weighted by Crippen LogP contribution is 2.21. The topological polar surface area (TPSA) is 140 Å². The first kappa shape index (κ1) is 28.7. The number of rotatable bonds is 10. The maximum absolute atomic E-state index is 13.5. The fourth-order valence-electron chi connectivity index (χ4n) is 4.10. The van der Waals surface area contributed by atoms with Crippen LogP contribution in [0.15, 0.2) is 79.0 Å². The van der Waals surface area contributed by atoms with Crippen LogP contribution in [0.1, 0.15) is 16.7 Å². The number of imidazole rings is 1. The van der Waals surface area contributed by atoms with Crippen molar-refractivity contribution in [2.24, 2.45) is 12.2 Å². The van der Waals surface area contributed by atoms with Gasteiger partial charge in [0.05, 0.1) is 16.8 Å². The Balaban J connectivity index is 0.00000370. The highest BCUT2D eigenvalue weighted by atomic mass is 35.5. The summed E-state index contributed by atoms with van der Waals surface area (Å²) in [6, 6.07) is 21.2. The number of primary sulfonamides is 1. The predicted octanol–water partition coefficient (Wildman–Crippen LogP) is 4.68. The number of fused-ring (bicyclic) bond motifs is 1. The number of hydrogen-bond donors (Lipinski definition) is 4. The lowest BCUT2D eigenvalue weighted by Crippen LogP contribution is -2.14. The third-order valence-corrected chi connectivity index (χ3v) is 6.73. The van der Waals surface area contributed by atoms with Crippen LogP contribution in [0.4, 0.5) is 27.8 Å². The number of nitrogens with zero attached hydrogens (tertiary/aromatic N) is 4. The summed E-state index contributed by atoms with van der Waals surface area (Å²) >= 11 is 0. The van der Waals surface area contributed by atoms with Crippen LogP contribution >= 0.6 is 12.4 Å². The number of nitrogens with one attached hydrogen (secondary N) is 3. The molecular formula is C27H28ClFN8O2S. The van der Waals surface area contributed by atoms with Gasteiger partial charge in [-0.25, -0.2) is 27.9 Å². The van der Waals surface area contributed by atoms with Gasteiger partial charge < -0.3 is 20.5 Å². The van der Waals surface area contributed by atoms with E-state index in [-0.39, 0.29) is 24.0 Å². The average Bonchev–Trinajstić information content (AvgIpc) is 3.21. The lowest BCUT2D eigenvalue weighted by Gasteiger charge is -2.09. The quantitative estimate of drug-likeness (QED) is 0.186. The van der Waals surface area contributed by atoms with E-state index < -0.39 is 10.0 Å². The van der Waals surface area contributed by atoms with Crippen LogP contribution in [0, 0.1) is 5.82 Å². The molecule has 5 rings (SSSR count). The van der Waals surface area contributed by atoms with E-state index in [4.69, 9.17) is 10.1 Å². The molecule has 0 aliphatic heterocycles. The third-order valence-electron chi connectivity index (χ3n) is 5.99. The summed E-state index contributed by atoms with van der Waals surface area (Å²) in [7, 11) is -1.65. The highest BCUT2D eigenvalue weighted by molar-refractivity contribution is 7.88. The van der Waals surface area contributed by atoms with Crippen LogP contribution in [-0.2, 0) is 35.9 Å². The number of nitrogens with two attached hydrogens (primary N) is 1. The van der Waals surface area contributed by atoms with Crippen molar-refractivity contribution in [1.29, 1.82) is 0 Å². The molecule has 0 aliphatic carbocycles. The van der Waals surface area contributed by atoms with Crippen molar-refractivity contribution in [3.05, 3.63) is 102 Å². The van der Waals surface area contributed by atoms with Crippen LogP contribution in [0.5, 0.6) is 0 Å². The number of benzene rings is 3. The molecule has 0 bridgehead atoms. The fourth-order valence-corrected chi connectivity index (χ4v) is 4.75. The van der Waals surface area contributed by atoms with Crippen molar-refractivity contribution < 1.29 is 12.8 Å². The Labute approximate surface area is 237 Å². The Morgan fingerprint density at radius 2 is 1.62 bits per heavy atom. The molecule has 10 nitrogen and oxygen atoms in total. The minimum atomic E-state index is -3.58. The van der Waals surface area contributed by atoms with E-state index in [0.29, 0.717) is 42.1 Å². The molecule has 0 spiro atoms. The zero-order valence-corrected chi connectivity index (χ0v) is 23.1. The van der Waals surface area contributed by atoms with Crippen molar-refractivity contribution in [2.45, 2.75) is 18.8 Å². The van der Waals surface area contributed by atoms with Gasteiger partial charge in [0, 0.05) is 32.0 Å². The van der Waals surface area contributed by atoms with Crippen molar-refractivity contribution in [3.63, 3.8) is 0 Å². The molecule has 0 saturated carbocycles. The van der Waals surface area contributed by atoms with E-state index >= 15 is 0 Å². The van der Waals surface area contributed by atoms with E-state index in [0.717, 1.165) is 22.2 Å². The van der Waals surface area contributed by atoms with Gasteiger partial charge in [0.25, 0.3) is 0 Å². The third kappa shape index (κ3) is 7.44. The summed E-state index contributed by atoms with van der Waals surface area (Å²) in [5, 5.41) is 14.8. The SMILES string of the molecule is Cl.Cn1c(NCc2cccc(F)c2)nc2cc(CNc3ccnc(Nc4ccc(CS(N)(=O)=O)cc4)n3)ccc21. The van der Waals surface area contributed by atoms with Crippen molar-refractivity contribution in [3.8, 4) is 0 Å². The Morgan fingerprint density at radius 1 is 0.900 bits per heavy atom. The van der Waals surface area contributed by atoms with Gasteiger partial charge in [-0.05, 0) is 59.2 Å². The first-order chi connectivity index (χ1) is 18.7. The van der Waals surface area contributed by atoms with Crippen LogP contribution in [0.3, 0.4) is 0 Å². The fraction of sp³-hybridized carbons (Fsp3) is 0.148. The second-order valence-electron chi connectivity index (χ2n) is 9.05. The summed E-state index contributed by atoms with van der Waals surface area (Å²) in [4.78, 5) is 13.5. The number of sulfonamides is 1. The van der Waals surface area contributed by atoms with Crippen molar-refractivity contribution in [1.82, 2.24) is 19.5 Å². The maximum atomic E-state index is 13.5. The lowest BCUT2D eigenvalue weighted by molar-refractivity contribution is 0.597. The van der Waals surface area contributed by atoms with Crippen LogP contribution < -0.4 is 21.1 Å². The smallest absolute Gasteiger partial charge is 0.229 e. The Hall–Kier alpha value is -4.26. The van der Waals surface area contributed by atoms with Gasteiger partial charge in [-0.3, -0.25) is 0 Å². The lowest BCUT2D eigenvalue weighted by atomic mass is 10.2. The van der Waals surface area contributed by atoms with E-state index in [1.54, 1.807) is 42.6 Å². The van der Waals surface area contributed by atoms with Crippen molar-refractivity contribution >= 4 is 56.9 Å². The van der Waals surface area contributed by atoms with Gasteiger partial charge in [-0.15, -0.1) is 12.4 Å². The monoisotopic (exact) mass is 582 g/mol. The van der Waals surface area contributed by atoms with E-state index in [1.807, 2.05) is 35.9 Å². The highest BCUT2D eigenvalue weighted by Gasteiger charge is 2.10. The predicted molar refractivity (Wildman–Crippen MR) is 158 cm³/mol. The summed E-state index contributed by atoms with van der Waals surface area (Å²) in [5.41, 5.74) is 4.99. The molecule has 2 aromatic heterocycles. The van der Waals surface area contributed by atoms with Gasteiger partial charge in [0.1, 0.15) is 11.6 Å². The maximum Gasteiger partial charge on any atom is 0.229 e. The molecule has 5 aromatic rings. The summed E-state index contributed by atoms with van der Waals surface area (Å²) in [6.45, 7) is 0.991. The second kappa shape index (κ2) is 12.3. The molecule has 0 radical (unpaired) electrons. The molecule has 0 aliphatic rings. The first-order valence-corrected chi connectivity index (χ1v) is 13.8. The minimum Gasteiger partial charge on any atom is -0.366 e. The van der Waals surface area contributed by atoms with Crippen molar-refractivity contribution in [2.75, 3.05) is 16.0 Å². The minimum absolute atomic E-state index is 0. The molecule has 208 valence electrons. The van der Waals surface area contributed by atoms with E-state index in [2.05, 4.69) is 25.9 Å². The standard InChI is InChI=1S/C27H27FN8O2S.ClH/c1-36-24-10-7-20(14-23(24)34-27(36)32-16-19-3-2-4-21(28)13-19)15-31-25-11-12-30-26(35-25)33-22-8-5-18(6-9-22)17-39(29,37)38;/h2-14H,15-17H2,1H3,(H,32,34)(H2,29,37,38)(H2,30,31,33,35);1H. The van der Waals surface area contributed by atoms with Gasteiger partial charge in [-0.2, -0.15) is 4.98 Å². The summed E-state index contributed by atoms with van der Waals surface area (Å²) in [6.07, 6.45) is 1.64. The van der Waals surface area contributed by atoms with Gasteiger partial charge >= 0.3 is 0 Å². The molecule has 3 aromatic carbocycles. The molecule has 0 saturated heterocycles. The zero-order chi connectivity index (χ0) is 27.4. The molecule has 0 atom stereocenters. The molecule has 40 heavy (non-hydrogen) atoms. The first-order valence-electron chi connectivity index (χ1n) is 12.1. The number of hydrogen-bond acceptors (Lipinski definition) is 8. The molecule has 0 fully saturated rings. The van der Waals surface area contributed by atoms with Gasteiger partial charge in [-0.1, -0.05) is 30.3 Å². The molecule has 5 N–H and O–H groups in total. The number of anilines is 4. The molecule has 0 amide bonds. The Bertz CT molecular complexity index is 1730. The summed E-state index contributed by atoms with van der Waals surface area (Å²) in [5.74, 6) is 1.24. The van der Waals surface area contributed by atoms with Crippen LogP contribution in [0.25, 0.3) is 11.0 Å². The van der Waals surface area contributed by atoms with Gasteiger partial charge in [0.15, 0.2) is 0 Å². The van der Waals surface area contributed by atoms with Crippen LogP contribution in [-0.4, -0.2) is 27.9 Å². The largest absolute Gasteiger partial charge is 0.366 e. The Kier molecular flexibility index (Phi) is 8.83. The van der Waals surface area contributed by atoms with E-state index in [9.17, 15) is 12.8 Å². The Morgan fingerprint density at radius 3 is 2.38 bits per heavy atom. The normalized spacial score (nSPS) is 11.2.